The topological polar surface area (TPSA) is 6.48 Å². The van der Waals surface area contributed by atoms with Crippen LogP contribution in [0.5, 0.6) is 0 Å². The molecule has 0 N–H and O–H groups in total. The monoisotopic (exact) mass is 446 g/mol. The molecule has 0 fully saturated rings. The molecule has 0 saturated carbocycles. The number of nitrogens with zero attached hydrogens (tertiary/aromatic N) is 2. The van der Waals surface area contributed by atoms with E-state index in [9.17, 15) is 0 Å². The lowest BCUT2D eigenvalue weighted by Crippen LogP contribution is -2.21. The number of benzene rings is 4. The van der Waals surface area contributed by atoms with Gasteiger partial charge in [0.1, 0.15) is 0 Å². The molecule has 0 aliphatic heterocycles. The van der Waals surface area contributed by atoms with E-state index in [1.807, 2.05) is 0 Å². The molecular weight excluding hydrogens is 412 g/mol. The molecule has 4 rings (SSSR count). The number of anilines is 4. The van der Waals surface area contributed by atoms with Crippen LogP contribution in [-0.4, -0.2) is 13.1 Å². The van der Waals surface area contributed by atoms with Gasteiger partial charge in [-0.25, -0.2) is 0 Å². The lowest BCUT2D eigenvalue weighted by molar-refractivity contribution is 0.866. The summed E-state index contributed by atoms with van der Waals surface area (Å²) in [7, 11) is 0. The van der Waals surface area contributed by atoms with E-state index in [0.717, 1.165) is 30.2 Å². The Balaban J connectivity index is 1.60. The third kappa shape index (κ3) is 5.58. The van der Waals surface area contributed by atoms with Gasteiger partial charge in [-0.15, -0.1) is 0 Å². The van der Waals surface area contributed by atoms with Gasteiger partial charge in [0.25, 0.3) is 0 Å². The van der Waals surface area contributed by atoms with Crippen molar-refractivity contribution in [2.45, 2.75) is 27.7 Å². The van der Waals surface area contributed by atoms with Gasteiger partial charge >= 0.3 is 0 Å². The van der Waals surface area contributed by atoms with Gasteiger partial charge in [-0.1, -0.05) is 71.8 Å². The Morgan fingerprint density at radius 3 is 1.50 bits per heavy atom. The Bertz CT molecular complexity index is 1170. The summed E-state index contributed by atoms with van der Waals surface area (Å²) in [4.78, 5) is 4.68. The smallest absolute Gasteiger partial charge is 0.0462 e. The number of aryl methyl sites for hydroxylation is 2. The van der Waals surface area contributed by atoms with E-state index in [1.54, 1.807) is 0 Å². The maximum Gasteiger partial charge on any atom is 0.0462 e. The standard InChI is InChI=1S/C32H34N2/c1-5-33(6-2)32-9-7-8-28(24-32)15-14-27-16-22-31(23-17-27)34(29-18-10-25(3)11-19-29)30-20-12-26(4)13-21-30/h7-24H,5-6H2,1-4H3/b15-14+. The van der Waals surface area contributed by atoms with E-state index >= 15 is 0 Å². The van der Waals surface area contributed by atoms with Crippen molar-refractivity contribution < 1.29 is 0 Å². The third-order valence-corrected chi connectivity index (χ3v) is 6.20. The molecule has 0 aliphatic carbocycles. The molecular formula is C32H34N2. The fraction of sp³-hybridized carbons (Fsp3) is 0.188. The van der Waals surface area contributed by atoms with Crippen molar-refractivity contribution in [1.29, 1.82) is 0 Å². The molecule has 0 bridgehead atoms. The second-order valence-corrected chi connectivity index (χ2v) is 8.70. The van der Waals surface area contributed by atoms with Crippen LogP contribution in [0.2, 0.25) is 0 Å². The fourth-order valence-corrected chi connectivity index (χ4v) is 4.18. The summed E-state index contributed by atoms with van der Waals surface area (Å²) < 4.78 is 0. The molecule has 0 atom stereocenters. The summed E-state index contributed by atoms with van der Waals surface area (Å²) in [5, 5.41) is 0. The molecule has 0 aliphatic rings. The molecule has 0 unspecified atom stereocenters. The normalized spacial score (nSPS) is 11.1. The molecule has 172 valence electrons. The molecule has 34 heavy (non-hydrogen) atoms. The summed E-state index contributed by atoms with van der Waals surface area (Å²) in [5.74, 6) is 0. The zero-order valence-electron chi connectivity index (χ0n) is 20.7. The first-order valence-electron chi connectivity index (χ1n) is 12.1. The molecule has 0 spiro atoms. The van der Waals surface area contributed by atoms with Gasteiger partial charge in [0.2, 0.25) is 0 Å². The molecule has 4 aromatic carbocycles. The van der Waals surface area contributed by atoms with Crippen LogP contribution in [0, 0.1) is 13.8 Å². The molecule has 4 aromatic rings. The molecule has 0 heterocycles. The van der Waals surface area contributed by atoms with E-state index in [0.29, 0.717) is 0 Å². The van der Waals surface area contributed by atoms with Crippen molar-refractivity contribution in [2.75, 3.05) is 22.9 Å². The Labute approximate surface area is 204 Å². The van der Waals surface area contributed by atoms with E-state index in [2.05, 4.69) is 147 Å². The zero-order chi connectivity index (χ0) is 23.9. The molecule has 0 aromatic heterocycles. The van der Waals surface area contributed by atoms with E-state index in [-0.39, 0.29) is 0 Å². The highest BCUT2D eigenvalue weighted by Gasteiger charge is 2.12. The second kappa shape index (κ2) is 10.9. The van der Waals surface area contributed by atoms with Crippen molar-refractivity contribution in [3.63, 3.8) is 0 Å². The Kier molecular flexibility index (Phi) is 7.49. The third-order valence-electron chi connectivity index (χ3n) is 6.20. The first kappa shape index (κ1) is 23.4. The summed E-state index contributed by atoms with van der Waals surface area (Å²) >= 11 is 0. The van der Waals surface area contributed by atoms with Gasteiger partial charge < -0.3 is 9.80 Å². The van der Waals surface area contributed by atoms with Crippen LogP contribution in [0.3, 0.4) is 0 Å². The van der Waals surface area contributed by atoms with Gasteiger partial charge in [-0.2, -0.15) is 0 Å². The molecule has 0 saturated heterocycles. The van der Waals surface area contributed by atoms with Crippen LogP contribution in [0.15, 0.2) is 97.1 Å². The van der Waals surface area contributed by atoms with Gasteiger partial charge in [0.15, 0.2) is 0 Å². The Morgan fingerprint density at radius 2 is 1.00 bits per heavy atom. The van der Waals surface area contributed by atoms with Gasteiger partial charge in [0, 0.05) is 35.8 Å². The van der Waals surface area contributed by atoms with Crippen molar-refractivity contribution >= 4 is 34.9 Å². The summed E-state index contributed by atoms with van der Waals surface area (Å²) in [5.41, 5.74) is 9.66. The SMILES string of the molecule is CCN(CC)c1cccc(/C=C/c2ccc(N(c3ccc(C)cc3)c3ccc(C)cc3)cc2)c1. The maximum absolute atomic E-state index is 2.37. The average Bonchev–Trinajstić information content (AvgIpc) is 2.87. The first-order chi connectivity index (χ1) is 16.6. The highest BCUT2D eigenvalue weighted by atomic mass is 15.1. The minimum atomic E-state index is 1.02. The van der Waals surface area contributed by atoms with E-state index in [1.165, 1.54) is 27.9 Å². The average molecular weight is 447 g/mol. The predicted molar refractivity (Wildman–Crippen MR) is 150 cm³/mol. The Morgan fingerprint density at radius 1 is 0.529 bits per heavy atom. The minimum absolute atomic E-state index is 1.02. The second-order valence-electron chi connectivity index (χ2n) is 8.70. The van der Waals surface area contributed by atoms with Crippen LogP contribution in [-0.2, 0) is 0 Å². The van der Waals surface area contributed by atoms with Crippen molar-refractivity contribution in [3.8, 4) is 0 Å². The zero-order valence-corrected chi connectivity index (χ0v) is 20.7. The van der Waals surface area contributed by atoms with E-state index in [4.69, 9.17) is 0 Å². The summed E-state index contributed by atoms with van der Waals surface area (Å²) in [6, 6.07) is 34.9. The summed E-state index contributed by atoms with van der Waals surface area (Å²) in [6.07, 6.45) is 4.38. The largest absolute Gasteiger partial charge is 0.372 e. The molecule has 2 nitrogen and oxygen atoms in total. The van der Waals surface area contributed by atoms with Crippen LogP contribution in [0.25, 0.3) is 12.2 Å². The maximum atomic E-state index is 2.37. The van der Waals surface area contributed by atoms with Crippen LogP contribution < -0.4 is 9.80 Å². The number of rotatable bonds is 8. The van der Waals surface area contributed by atoms with Crippen molar-refractivity contribution in [1.82, 2.24) is 0 Å². The Hall–Kier alpha value is -3.78. The fourth-order valence-electron chi connectivity index (χ4n) is 4.18. The number of hydrogen-bond acceptors (Lipinski definition) is 2. The summed E-state index contributed by atoms with van der Waals surface area (Å²) in [6.45, 7) is 10.7. The van der Waals surface area contributed by atoms with Crippen LogP contribution in [0.1, 0.15) is 36.1 Å². The van der Waals surface area contributed by atoms with Crippen LogP contribution >= 0.6 is 0 Å². The van der Waals surface area contributed by atoms with Crippen LogP contribution in [0.4, 0.5) is 22.7 Å². The highest BCUT2D eigenvalue weighted by molar-refractivity contribution is 5.78. The van der Waals surface area contributed by atoms with Crippen molar-refractivity contribution in [3.05, 3.63) is 119 Å². The molecule has 0 amide bonds. The lowest BCUT2D eigenvalue weighted by Gasteiger charge is -2.25. The predicted octanol–water partition coefficient (Wildman–Crippen LogP) is 8.79. The van der Waals surface area contributed by atoms with Gasteiger partial charge in [0.05, 0.1) is 0 Å². The van der Waals surface area contributed by atoms with Gasteiger partial charge in [-0.3, -0.25) is 0 Å². The van der Waals surface area contributed by atoms with E-state index < -0.39 is 0 Å². The highest BCUT2D eigenvalue weighted by Crippen LogP contribution is 2.35. The quantitative estimate of drug-likeness (QED) is 0.250. The lowest BCUT2D eigenvalue weighted by atomic mass is 10.1. The number of hydrogen-bond donors (Lipinski definition) is 0. The van der Waals surface area contributed by atoms with Crippen molar-refractivity contribution in [2.24, 2.45) is 0 Å². The molecule has 2 heteroatoms. The van der Waals surface area contributed by atoms with Gasteiger partial charge in [-0.05, 0) is 87.4 Å². The molecule has 0 radical (unpaired) electrons. The minimum Gasteiger partial charge on any atom is -0.372 e. The first-order valence-corrected chi connectivity index (χ1v) is 12.1.